The summed E-state index contributed by atoms with van der Waals surface area (Å²) in [5.74, 6) is 0.943. The minimum absolute atomic E-state index is 0.00253. The van der Waals surface area contributed by atoms with E-state index in [2.05, 4.69) is 93.8 Å². The van der Waals surface area contributed by atoms with E-state index < -0.39 is 19.7 Å². The van der Waals surface area contributed by atoms with Crippen LogP contribution < -0.4 is 30.6 Å². The third kappa shape index (κ3) is 20.4. The molecule has 93 heavy (non-hydrogen) atoms. The fourth-order valence-corrected chi connectivity index (χ4v) is 15.2. The molecule has 21 nitrogen and oxygen atoms in total. The number of aromatic nitrogens is 4. The van der Waals surface area contributed by atoms with Crippen molar-refractivity contribution >= 4 is 82.3 Å². The van der Waals surface area contributed by atoms with Gasteiger partial charge >= 0.3 is 0 Å². The summed E-state index contributed by atoms with van der Waals surface area (Å²) >= 11 is 0. The molecule has 4 aromatic carbocycles. The van der Waals surface area contributed by atoms with E-state index in [9.17, 15) is 28.8 Å². The van der Waals surface area contributed by atoms with Gasteiger partial charge in [0.25, 0.3) is 20.0 Å². The molecular weight excluding hydrogens is 1240 g/mol. The lowest BCUT2D eigenvalue weighted by Crippen LogP contribution is -2.42. The number of benzene rings is 4. The average Bonchev–Trinajstić information content (AvgIpc) is 1.13. The van der Waals surface area contributed by atoms with Crippen molar-refractivity contribution in [1.29, 1.82) is 0 Å². The first kappa shape index (κ1) is 73.1. The molecule has 4 amide bonds. The molecule has 24 heteroatoms. The fourth-order valence-electron chi connectivity index (χ4n) is 10.8. The lowest BCUT2D eigenvalue weighted by Gasteiger charge is -2.38. The number of ether oxygens (including phenoxy) is 3. The molecule has 0 saturated carbocycles. The van der Waals surface area contributed by atoms with Gasteiger partial charge in [-0.2, -0.15) is 4.98 Å². The second kappa shape index (κ2) is 34.7. The number of ketones is 1. The van der Waals surface area contributed by atoms with Crippen molar-refractivity contribution in [3.63, 3.8) is 0 Å². The molecule has 1 unspecified atom stereocenters. The Balaban J connectivity index is 0.922. The summed E-state index contributed by atoms with van der Waals surface area (Å²) in [4.78, 5) is 101. The summed E-state index contributed by atoms with van der Waals surface area (Å²) in [6.45, 7) is 27.8. The van der Waals surface area contributed by atoms with Gasteiger partial charge in [0.15, 0.2) is 11.2 Å². The molecule has 0 spiro atoms. The SMILES string of the molecule is [C-]#[N+]CCOP(O[C@@H]1C[C@@H](COC(c2ccccc2)(c2ccc(OC)cc2)c2ccc(OC)cc2)N(C(=O)CCC(C)(C)SSCCCC(=O)CC[C@@H](C)NC(=O)c2ccc(N(Cc3cnc4nc(NC(=O)C(C)C)[nH]c(=O)c4n3)C(C)=O)cc2)C1)N(C(C)C)C(C)C. The van der Waals surface area contributed by atoms with Crippen molar-refractivity contribution in [3.8, 4) is 11.5 Å². The number of amides is 4. The molecule has 0 radical (unpaired) electrons. The standard InChI is InChI=1S/C69H89N10O11PS2/c1-45(2)64(83)75-67-74-63-62(66(85)76-67)73-54(41-71-63)42-77(49(8)80)55-28-22-50(23-29-55)65(84)72-48(7)21-30-57(81)20-17-39-92-93-68(9,10)36-35-61(82)78-43-60(90-91(89-38-37-70-11)79(46(3)4)47(5)6)40-56(78)44-88-69(51-18-15-14-16-19-51,52-24-31-58(86-12)32-25-52)53-26-33-59(87-13)34-27-53/h14-16,18-19,22-29,31-34,41,45-48,56,60H,17,20-21,30,35-40,42-44H2,1-10,12-13H3,(H,72,84)(H2,71,74,75,76,83,85)/t48-,56+,60-,91?/m1/s1. The summed E-state index contributed by atoms with van der Waals surface area (Å²) < 4.78 is 33.9. The minimum atomic E-state index is -1.58. The maximum absolute atomic E-state index is 14.8. The van der Waals surface area contributed by atoms with Crippen molar-refractivity contribution in [2.24, 2.45) is 5.92 Å². The molecule has 1 saturated heterocycles. The number of hydrogen-bond acceptors (Lipinski definition) is 17. The summed E-state index contributed by atoms with van der Waals surface area (Å²) in [6, 6.07) is 32.0. The predicted molar refractivity (Wildman–Crippen MR) is 368 cm³/mol. The minimum Gasteiger partial charge on any atom is -0.497 e. The maximum atomic E-state index is 14.8. The molecule has 4 atom stereocenters. The lowest BCUT2D eigenvalue weighted by molar-refractivity contribution is -0.134. The Morgan fingerprint density at radius 1 is 0.839 bits per heavy atom. The van der Waals surface area contributed by atoms with Gasteiger partial charge in [0, 0.05) is 78.5 Å². The van der Waals surface area contributed by atoms with Crippen LogP contribution >= 0.6 is 30.1 Å². The number of Topliss-reactive ketones (excluding diaryl/α,β-unsaturated/α-hetero) is 1. The summed E-state index contributed by atoms with van der Waals surface area (Å²) in [5.41, 5.74) is 2.13. The molecule has 1 aliphatic heterocycles. The van der Waals surface area contributed by atoms with Crippen LogP contribution in [0.15, 0.2) is 114 Å². The number of nitrogens with zero attached hydrogens (tertiary/aromatic N) is 7. The molecule has 3 heterocycles. The number of fused-ring (bicyclic) bond motifs is 1. The smallest absolute Gasteiger partial charge is 0.280 e. The molecule has 498 valence electrons. The van der Waals surface area contributed by atoms with Gasteiger partial charge in [-0.15, -0.1) is 0 Å². The van der Waals surface area contributed by atoms with Gasteiger partial charge in [-0.05, 0) is 139 Å². The quantitative estimate of drug-likeness (QED) is 0.0110. The van der Waals surface area contributed by atoms with Crippen LogP contribution in [0, 0.1) is 12.5 Å². The normalized spacial score (nSPS) is 14.9. The van der Waals surface area contributed by atoms with Crippen molar-refractivity contribution in [2.45, 2.75) is 161 Å². The molecule has 0 bridgehead atoms. The van der Waals surface area contributed by atoms with E-state index in [0.29, 0.717) is 79.9 Å². The number of carbonyl (C=O) groups excluding carboxylic acids is 5. The molecule has 2 aromatic heterocycles. The molecule has 1 fully saturated rings. The number of H-pyrrole nitrogens is 1. The molecule has 6 aromatic rings. The number of carbonyl (C=O) groups is 5. The van der Waals surface area contributed by atoms with E-state index in [1.807, 2.05) is 78.6 Å². The number of aromatic amines is 1. The third-order valence-corrected chi connectivity index (χ3v) is 21.4. The zero-order valence-electron chi connectivity index (χ0n) is 55.4. The Morgan fingerprint density at radius 3 is 2.06 bits per heavy atom. The van der Waals surface area contributed by atoms with Gasteiger partial charge < -0.3 is 43.2 Å². The van der Waals surface area contributed by atoms with Gasteiger partial charge in [-0.3, -0.25) is 39.1 Å². The van der Waals surface area contributed by atoms with Gasteiger partial charge in [-0.25, -0.2) is 21.2 Å². The Kier molecular flexibility index (Phi) is 27.3. The van der Waals surface area contributed by atoms with Crippen molar-refractivity contribution in [2.75, 3.05) is 56.5 Å². The van der Waals surface area contributed by atoms with Crippen molar-refractivity contribution in [3.05, 3.63) is 159 Å². The van der Waals surface area contributed by atoms with Crippen LogP contribution in [0.25, 0.3) is 16.0 Å². The van der Waals surface area contributed by atoms with E-state index in [4.69, 9.17) is 29.8 Å². The number of anilines is 2. The molecule has 1 aliphatic rings. The zero-order valence-corrected chi connectivity index (χ0v) is 58.0. The monoisotopic (exact) mass is 1330 g/mol. The van der Waals surface area contributed by atoms with Crippen LogP contribution in [0.5, 0.6) is 11.5 Å². The highest BCUT2D eigenvalue weighted by molar-refractivity contribution is 8.77. The van der Waals surface area contributed by atoms with E-state index in [0.717, 1.165) is 22.4 Å². The highest BCUT2D eigenvalue weighted by atomic mass is 33.1. The number of hydrogen-bond donors (Lipinski definition) is 3. The van der Waals surface area contributed by atoms with Crippen molar-refractivity contribution < 1.29 is 47.2 Å². The van der Waals surface area contributed by atoms with E-state index >= 15 is 0 Å². The molecule has 0 aliphatic carbocycles. The Labute approximate surface area is 555 Å². The van der Waals surface area contributed by atoms with Gasteiger partial charge in [0.05, 0.1) is 51.4 Å². The van der Waals surface area contributed by atoms with Gasteiger partial charge in [0.1, 0.15) is 29.5 Å². The fraction of sp³-hybridized carbons (Fsp3) is 0.478. The van der Waals surface area contributed by atoms with Crippen LogP contribution in [0.4, 0.5) is 11.6 Å². The molecular formula is C69H89N10O11PS2. The second-order valence-corrected chi connectivity index (χ2v) is 29.0. The first-order valence-electron chi connectivity index (χ1n) is 31.5. The van der Waals surface area contributed by atoms with Crippen LogP contribution in [0.2, 0.25) is 0 Å². The van der Waals surface area contributed by atoms with E-state index in [1.54, 1.807) is 73.9 Å². The van der Waals surface area contributed by atoms with E-state index in [1.165, 1.54) is 18.0 Å². The third-order valence-electron chi connectivity index (χ3n) is 15.8. The van der Waals surface area contributed by atoms with Gasteiger partial charge in [-0.1, -0.05) is 90.0 Å². The summed E-state index contributed by atoms with van der Waals surface area (Å²) in [6.07, 6.45) is 4.29. The summed E-state index contributed by atoms with van der Waals surface area (Å²) in [5, 5.41) is 5.53. The topological polar surface area (TPSA) is 241 Å². The van der Waals surface area contributed by atoms with Crippen LogP contribution in [-0.4, -0.2) is 140 Å². The number of rotatable bonds is 35. The Morgan fingerprint density at radius 2 is 1.47 bits per heavy atom. The number of nitrogens with one attached hydrogen (secondary N) is 3. The van der Waals surface area contributed by atoms with Gasteiger partial charge in [0.2, 0.25) is 30.2 Å². The number of likely N-dealkylation sites (tertiary alicyclic amines) is 1. The second-order valence-electron chi connectivity index (χ2n) is 24.5. The van der Waals surface area contributed by atoms with E-state index in [-0.39, 0.29) is 114 Å². The molecule has 7 rings (SSSR count). The lowest BCUT2D eigenvalue weighted by atomic mass is 9.80. The van der Waals surface area contributed by atoms with Crippen LogP contribution in [0.1, 0.15) is 147 Å². The first-order chi connectivity index (χ1) is 44.4. The highest BCUT2D eigenvalue weighted by Crippen LogP contribution is 2.49. The van der Waals surface area contributed by atoms with Crippen LogP contribution in [-0.2, 0) is 45.1 Å². The zero-order chi connectivity index (χ0) is 67.4. The Hall–Kier alpha value is -7.29. The molecule has 3 N–H and O–H groups in total. The highest BCUT2D eigenvalue weighted by Gasteiger charge is 2.44. The Bertz CT molecular complexity index is 3500. The van der Waals surface area contributed by atoms with Crippen LogP contribution in [0.3, 0.4) is 0 Å². The number of methoxy groups -OCH3 is 2. The average molecular weight is 1330 g/mol. The summed E-state index contributed by atoms with van der Waals surface area (Å²) in [7, 11) is 5.11. The largest absolute Gasteiger partial charge is 0.497 e. The first-order valence-corrected chi connectivity index (χ1v) is 35.0. The predicted octanol–water partition coefficient (Wildman–Crippen LogP) is 12.3. The maximum Gasteiger partial charge on any atom is 0.280 e. The van der Waals surface area contributed by atoms with Crippen molar-refractivity contribution in [1.82, 2.24) is 34.8 Å².